The molecule has 0 aromatic heterocycles. The monoisotopic (exact) mass is 886 g/mol. The van der Waals surface area contributed by atoms with Crippen LogP contribution in [0.15, 0.2) is 0 Å². The highest BCUT2D eigenvalue weighted by Crippen LogP contribution is 2.20. The zero-order chi connectivity index (χ0) is 45.0. The van der Waals surface area contributed by atoms with E-state index in [1.807, 2.05) is 0 Å². The van der Waals surface area contributed by atoms with Crippen molar-refractivity contribution in [1.82, 2.24) is 15.1 Å². The second-order valence-electron chi connectivity index (χ2n) is 21.4. The van der Waals surface area contributed by atoms with Gasteiger partial charge in [-0.25, -0.2) is 0 Å². The van der Waals surface area contributed by atoms with Gasteiger partial charge in [-0.05, 0) is 38.9 Å². The summed E-state index contributed by atoms with van der Waals surface area (Å²) in [5.74, 6) is 0. The molecular weight excluding hydrogens is 763 g/mol. The second-order valence-corrected chi connectivity index (χ2v) is 21.4. The van der Waals surface area contributed by atoms with Gasteiger partial charge < -0.3 is 5.32 Å². The molecule has 0 aliphatic carbocycles. The minimum absolute atomic E-state index is 0.625. The van der Waals surface area contributed by atoms with E-state index in [1.165, 1.54) is 360 Å². The molecule has 0 aromatic carbocycles. The largest absolute Gasteiger partial charge is 0.313 e. The van der Waals surface area contributed by atoms with Gasteiger partial charge in [-0.1, -0.05) is 323 Å². The summed E-state index contributed by atoms with van der Waals surface area (Å²) in [6.07, 6.45) is 73.7. The first-order valence-electron chi connectivity index (χ1n) is 30.5. The van der Waals surface area contributed by atoms with Crippen LogP contribution in [0.4, 0.5) is 0 Å². The summed E-state index contributed by atoms with van der Waals surface area (Å²) in [5.41, 5.74) is 0. The lowest BCUT2D eigenvalue weighted by Crippen LogP contribution is -2.59. The molecule has 0 amide bonds. The SMILES string of the molecule is CCCCCCCCCCCCCCCCCCCCCCCCCCCCCCCCN1CCNCC1N(CCCCCCCCCCCC)CCCCCCCCCCCC. The number of hydrogen-bond donors (Lipinski definition) is 1. The zero-order valence-corrected chi connectivity index (χ0v) is 44.6. The Balaban J connectivity index is 2.05. The van der Waals surface area contributed by atoms with Crippen LogP contribution in [0.3, 0.4) is 0 Å². The maximum atomic E-state index is 3.81. The number of piperazine rings is 1. The van der Waals surface area contributed by atoms with Crippen LogP contribution < -0.4 is 5.32 Å². The minimum atomic E-state index is 0.625. The Morgan fingerprint density at radius 1 is 0.302 bits per heavy atom. The van der Waals surface area contributed by atoms with E-state index in [1.54, 1.807) is 0 Å². The summed E-state index contributed by atoms with van der Waals surface area (Å²) in [4.78, 5) is 5.83. The van der Waals surface area contributed by atoms with Crippen LogP contribution in [0, 0.1) is 0 Å². The normalized spacial score (nSPS) is 14.8. The van der Waals surface area contributed by atoms with Crippen molar-refractivity contribution in [3.05, 3.63) is 0 Å². The number of hydrogen-bond acceptors (Lipinski definition) is 3. The predicted octanol–water partition coefficient (Wildman–Crippen LogP) is 20.1. The van der Waals surface area contributed by atoms with Crippen molar-refractivity contribution in [2.75, 3.05) is 39.3 Å². The molecule has 1 N–H and O–H groups in total. The Morgan fingerprint density at radius 3 is 0.778 bits per heavy atom. The molecule has 1 aliphatic rings. The summed E-state index contributed by atoms with van der Waals surface area (Å²) >= 11 is 0. The Hall–Kier alpha value is -0.120. The molecule has 0 saturated carbocycles. The summed E-state index contributed by atoms with van der Waals surface area (Å²) < 4.78 is 0. The maximum Gasteiger partial charge on any atom is 0.0751 e. The van der Waals surface area contributed by atoms with Crippen LogP contribution in [0.2, 0.25) is 0 Å². The molecule has 0 bridgehead atoms. The standard InChI is InChI=1S/C60H123N3/c1-4-7-10-13-16-19-22-23-24-25-26-27-28-29-30-31-32-33-34-35-36-37-38-39-40-41-44-47-50-53-57-63-58-54-61-59-60(63)62(55-51-48-45-42-20-17-14-11-8-5-2)56-52-49-46-43-21-18-15-12-9-6-3/h60-61H,4-59H2,1-3H3. The molecule has 63 heavy (non-hydrogen) atoms. The quantitative estimate of drug-likeness (QED) is 0.0614. The molecule has 1 heterocycles. The second kappa shape index (κ2) is 52.8. The van der Waals surface area contributed by atoms with Gasteiger partial charge in [0.25, 0.3) is 0 Å². The van der Waals surface area contributed by atoms with Crippen molar-refractivity contribution in [3.8, 4) is 0 Å². The third kappa shape index (κ3) is 44.2. The molecule has 378 valence electrons. The van der Waals surface area contributed by atoms with Gasteiger partial charge in [0.1, 0.15) is 0 Å². The van der Waals surface area contributed by atoms with Crippen LogP contribution in [-0.2, 0) is 0 Å². The molecule has 0 aromatic rings. The molecule has 1 fully saturated rings. The van der Waals surface area contributed by atoms with E-state index >= 15 is 0 Å². The topological polar surface area (TPSA) is 18.5 Å². The van der Waals surface area contributed by atoms with Crippen LogP contribution >= 0.6 is 0 Å². The van der Waals surface area contributed by atoms with Gasteiger partial charge in [-0.15, -0.1) is 0 Å². The van der Waals surface area contributed by atoms with Gasteiger partial charge in [0.15, 0.2) is 0 Å². The van der Waals surface area contributed by atoms with Gasteiger partial charge in [0.05, 0.1) is 6.17 Å². The van der Waals surface area contributed by atoms with E-state index in [4.69, 9.17) is 0 Å². The van der Waals surface area contributed by atoms with E-state index in [-0.39, 0.29) is 0 Å². The van der Waals surface area contributed by atoms with Crippen molar-refractivity contribution in [2.45, 2.75) is 348 Å². The summed E-state index contributed by atoms with van der Waals surface area (Å²) in [5, 5.41) is 3.81. The van der Waals surface area contributed by atoms with Crippen LogP contribution in [0.5, 0.6) is 0 Å². The Bertz CT molecular complexity index is 791. The summed E-state index contributed by atoms with van der Waals surface area (Å²) in [6.45, 7) is 14.5. The molecule has 1 rings (SSSR count). The third-order valence-corrected chi connectivity index (χ3v) is 15.1. The van der Waals surface area contributed by atoms with Crippen molar-refractivity contribution in [2.24, 2.45) is 0 Å². The fourth-order valence-electron chi connectivity index (χ4n) is 10.7. The number of unbranched alkanes of at least 4 members (excludes halogenated alkanes) is 47. The van der Waals surface area contributed by atoms with Gasteiger partial charge in [-0.2, -0.15) is 0 Å². The van der Waals surface area contributed by atoms with E-state index in [9.17, 15) is 0 Å². The van der Waals surface area contributed by atoms with E-state index < -0.39 is 0 Å². The molecule has 1 atom stereocenters. The maximum absolute atomic E-state index is 3.81. The van der Waals surface area contributed by atoms with Gasteiger partial charge in [0.2, 0.25) is 0 Å². The highest BCUT2D eigenvalue weighted by atomic mass is 15.4. The predicted molar refractivity (Wildman–Crippen MR) is 288 cm³/mol. The summed E-state index contributed by atoms with van der Waals surface area (Å²) in [6, 6.07) is 0. The highest BCUT2D eigenvalue weighted by molar-refractivity contribution is 4.81. The van der Waals surface area contributed by atoms with Crippen molar-refractivity contribution < 1.29 is 0 Å². The zero-order valence-electron chi connectivity index (χ0n) is 44.6. The van der Waals surface area contributed by atoms with Gasteiger partial charge in [0, 0.05) is 19.6 Å². The number of rotatable bonds is 54. The lowest BCUT2D eigenvalue weighted by Gasteiger charge is -2.43. The first kappa shape index (κ1) is 60.9. The molecule has 1 saturated heterocycles. The molecular formula is C60H123N3. The third-order valence-electron chi connectivity index (χ3n) is 15.1. The molecule has 0 spiro atoms. The van der Waals surface area contributed by atoms with Gasteiger partial charge in [-0.3, -0.25) is 9.80 Å². The minimum Gasteiger partial charge on any atom is -0.313 e. The highest BCUT2D eigenvalue weighted by Gasteiger charge is 2.27. The van der Waals surface area contributed by atoms with Crippen molar-refractivity contribution in [3.63, 3.8) is 0 Å². The van der Waals surface area contributed by atoms with Crippen molar-refractivity contribution in [1.29, 1.82) is 0 Å². The average molecular weight is 887 g/mol. The number of nitrogens with zero attached hydrogens (tertiary/aromatic N) is 2. The average Bonchev–Trinajstić information content (AvgIpc) is 3.30. The van der Waals surface area contributed by atoms with Crippen molar-refractivity contribution >= 4 is 0 Å². The molecule has 1 unspecified atom stereocenters. The lowest BCUT2D eigenvalue weighted by atomic mass is 10.0. The van der Waals surface area contributed by atoms with Crippen LogP contribution in [0.1, 0.15) is 342 Å². The van der Waals surface area contributed by atoms with E-state index in [0.717, 1.165) is 0 Å². The first-order chi connectivity index (χ1) is 31.3. The van der Waals surface area contributed by atoms with Crippen LogP contribution in [0.25, 0.3) is 0 Å². The fraction of sp³-hybridized carbons (Fsp3) is 1.00. The smallest absolute Gasteiger partial charge is 0.0751 e. The summed E-state index contributed by atoms with van der Waals surface area (Å²) in [7, 11) is 0. The first-order valence-corrected chi connectivity index (χ1v) is 30.5. The Kier molecular flexibility index (Phi) is 51.1. The van der Waals surface area contributed by atoms with E-state index in [2.05, 4.69) is 35.9 Å². The molecule has 0 radical (unpaired) electrons. The Morgan fingerprint density at radius 2 is 0.524 bits per heavy atom. The fourth-order valence-corrected chi connectivity index (χ4v) is 10.7. The number of nitrogens with one attached hydrogen (secondary N) is 1. The van der Waals surface area contributed by atoms with E-state index in [0.29, 0.717) is 6.17 Å². The molecule has 1 aliphatic heterocycles. The van der Waals surface area contributed by atoms with Gasteiger partial charge >= 0.3 is 0 Å². The molecule has 3 nitrogen and oxygen atoms in total. The van der Waals surface area contributed by atoms with Crippen LogP contribution in [-0.4, -0.2) is 55.2 Å². The molecule has 3 heteroatoms. The Labute approximate surface area is 400 Å². The lowest BCUT2D eigenvalue weighted by molar-refractivity contribution is 0.0203.